The Hall–Kier alpha value is -2.85. The van der Waals surface area contributed by atoms with Crippen molar-refractivity contribution in [2.75, 3.05) is 69.4 Å². The van der Waals surface area contributed by atoms with Gasteiger partial charge >= 0.3 is 0 Å². The number of amides is 1. The second-order valence-corrected chi connectivity index (χ2v) is 12.1. The van der Waals surface area contributed by atoms with Gasteiger partial charge in [-0.05, 0) is 92.1 Å². The lowest BCUT2D eigenvalue weighted by Gasteiger charge is -2.44. The largest absolute Gasteiger partial charge is 0.368 e. The maximum absolute atomic E-state index is 13.9. The fourth-order valence-corrected chi connectivity index (χ4v) is 6.19. The number of rotatable bonds is 11. The van der Waals surface area contributed by atoms with E-state index in [0.717, 1.165) is 52.2 Å². The maximum Gasteiger partial charge on any atom is 0.242 e. The number of nitrogens with zero attached hydrogens (tertiary/aromatic N) is 8. The van der Waals surface area contributed by atoms with E-state index in [-0.39, 0.29) is 17.6 Å². The van der Waals surface area contributed by atoms with Crippen LogP contribution in [0, 0.1) is 23.1 Å². The summed E-state index contributed by atoms with van der Waals surface area (Å²) < 4.78 is 14.5. The highest BCUT2D eigenvalue weighted by molar-refractivity contribution is 9.10. The number of nitrogens with two attached hydrogens (primary N) is 1. The van der Waals surface area contributed by atoms with E-state index in [1.807, 2.05) is 24.9 Å². The highest BCUT2D eigenvalue weighted by Crippen LogP contribution is 2.32. The normalized spacial score (nSPS) is 18.3. The lowest BCUT2D eigenvalue weighted by atomic mass is 10.0. The lowest BCUT2D eigenvalue weighted by Crippen LogP contribution is -2.58. The van der Waals surface area contributed by atoms with Gasteiger partial charge in [-0.3, -0.25) is 19.7 Å². The van der Waals surface area contributed by atoms with Crippen molar-refractivity contribution in [2.45, 2.75) is 45.2 Å². The van der Waals surface area contributed by atoms with Crippen LogP contribution in [0.5, 0.6) is 0 Å². The Balaban J connectivity index is 1.54. The number of piperidine rings is 1. The molecule has 1 unspecified atom stereocenters. The van der Waals surface area contributed by atoms with Crippen molar-refractivity contribution in [3.8, 4) is 6.07 Å². The number of likely N-dealkylation sites (N-methyl/N-ethyl adjacent to an activating group) is 1. The minimum Gasteiger partial charge on any atom is -0.368 e. The number of hydrogen-bond donors (Lipinski definition) is 1. The Morgan fingerprint density at radius 2 is 1.83 bits per heavy atom. The topological polar surface area (TPSA) is 109 Å². The average molecular weight is 631 g/mol. The molecule has 2 aliphatic rings. The van der Waals surface area contributed by atoms with Gasteiger partial charge < -0.3 is 15.5 Å². The zero-order valence-corrected chi connectivity index (χ0v) is 25.8. The third-order valence-corrected chi connectivity index (χ3v) is 8.63. The predicted octanol–water partition coefficient (Wildman–Crippen LogP) is 3.09. The highest BCUT2D eigenvalue weighted by Gasteiger charge is 2.35. The molecule has 2 fully saturated rings. The number of benzene rings is 1. The van der Waals surface area contributed by atoms with Gasteiger partial charge in [-0.15, -0.1) is 0 Å². The molecule has 2 aromatic rings. The Labute approximate surface area is 251 Å². The van der Waals surface area contributed by atoms with Crippen LogP contribution in [-0.4, -0.2) is 102 Å². The van der Waals surface area contributed by atoms with Crippen LogP contribution >= 0.6 is 15.9 Å². The second-order valence-electron chi connectivity index (χ2n) is 11.3. The number of halogens is 2. The van der Waals surface area contributed by atoms with Crippen molar-refractivity contribution in [3.05, 3.63) is 46.6 Å². The first-order chi connectivity index (χ1) is 19.7. The number of likely N-dealkylation sites (tertiary alicyclic amines) is 1. The van der Waals surface area contributed by atoms with Crippen LogP contribution in [0.2, 0.25) is 0 Å². The number of piperazine rings is 1. The minimum absolute atomic E-state index is 0.0255. The zero-order valence-electron chi connectivity index (χ0n) is 24.2. The van der Waals surface area contributed by atoms with Crippen LogP contribution in [0.25, 0.3) is 0 Å². The molecule has 41 heavy (non-hydrogen) atoms. The number of hydrazine groups is 1. The molecule has 1 atom stereocenters. The molecule has 0 aliphatic carbocycles. The van der Waals surface area contributed by atoms with Crippen molar-refractivity contribution in [3.63, 3.8) is 0 Å². The summed E-state index contributed by atoms with van der Waals surface area (Å²) >= 11 is 3.52. The van der Waals surface area contributed by atoms with Gasteiger partial charge in [0.25, 0.3) is 0 Å². The third-order valence-electron chi connectivity index (χ3n) is 8.07. The van der Waals surface area contributed by atoms with Crippen LogP contribution in [0.3, 0.4) is 0 Å². The van der Waals surface area contributed by atoms with Crippen molar-refractivity contribution >= 4 is 33.3 Å². The quantitative estimate of drug-likeness (QED) is 0.375. The van der Waals surface area contributed by atoms with Crippen molar-refractivity contribution in [1.82, 2.24) is 24.7 Å². The van der Waals surface area contributed by atoms with Gasteiger partial charge in [-0.2, -0.15) is 10.2 Å². The number of anilines is 2. The molecule has 1 amide bonds. The van der Waals surface area contributed by atoms with Crippen molar-refractivity contribution in [2.24, 2.45) is 11.7 Å². The van der Waals surface area contributed by atoms with Crippen molar-refractivity contribution < 1.29 is 9.18 Å². The van der Waals surface area contributed by atoms with Gasteiger partial charge in [0.15, 0.2) is 5.82 Å². The first-order valence-corrected chi connectivity index (χ1v) is 15.2. The molecule has 222 valence electrons. The molecule has 1 aromatic heterocycles. The van der Waals surface area contributed by atoms with E-state index in [2.05, 4.69) is 47.6 Å². The predicted molar refractivity (Wildman–Crippen MR) is 162 cm³/mol. The van der Waals surface area contributed by atoms with E-state index in [9.17, 15) is 14.4 Å². The number of nitriles is 1. The Morgan fingerprint density at radius 3 is 2.41 bits per heavy atom. The molecule has 0 radical (unpaired) electrons. The number of carbonyl (C=O) groups excluding carboxylic acids is 1. The SMILES string of the molecule is CC(C)C(C(N)=O)N(c1nc(C#N)ncc1Br)N(CCCN1CCC(N2CCN(C)CC2)CC1)c1ccc(F)cc1. The summed E-state index contributed by atoms with van der Waals surface area (Å²) in [5.41, 5.74) is 6.65. The average Bonchev–Trinajstić information content (AvgIpc) is 2.96. The molecule has 2 saturated heterocycles. The van der Waals surface area contributed by atoms with E-state index in [1.165, 1.54) is 31.2 Å². The van der Waals surface area contributed by atoms with Crippen LogP contribution in [0.1, 0.15) is 38.9 Å². The van der Waals surface area contributed by atoms with Crippen LogP contribution in [-0.2, 0) is 4.79 Å². The summed E-state index contributed by atoms with van der Waals surface area (Å²) in [5.74, 6) is -0.735. The van der Waals surface area contributed by atoms with E-state index >= 15 is 0 Å². The van der Waals surface area contributed by atoms with E-state index in [1.54, 1.807) is 17.1 Å². The molecule has 3 heterocycles. The number of primary amides is 1. The molecule has 0 bridgehead atoms. The standard InChI is InChI=1S/C29H41BrFN9O/c1-21(2)27(28(33)41)40(29-25(30)20-34-26(19-32)35-29)39(24-7-5-22(31)6-8-24)12-4-11-37-13-9-23(10-14-37)38-17-15-36(3)16-18-38/h5-8,20-21,23,27H,4,9-18H2,1-3H3,(H2,33,41). The summed E-state index contributed by atoms with van der Waals surface area (Å²) in [4.78, 5) is 28.9. The molecule has 2 N–H and O–H groups in total. The molecule has 4 rings (SSSR count). The first-order valence-electron chi connectivity index (χ1n) is 14.4. The zero-order chi connectivity index (χ0) is 29.5. The summed E-state index contributed by atoms with van der Waals surface area (Å²) in [6.07, 6.45) is 4.63. The van der Waals surface area contributed by atoms with Crippen LogP contribution < -0.4 is 15.8 Å². The van der Waals surface area contributed by atoms with Crippen LogP contribution in [0.4, 0.5) is 15.9 Å². The Bertz CT molecular complexity index is 1190. The monoisotopic (exact) mass is 629 g/mol. The van der Waals surface area contributed by atoms with Gasteiger partial charge in [0.1, 0.15) is 17.9 Å². The molecule has 12 heteroatoms. The van der Waals surface area contributed by atoms with Gasteiger partial charge in [0.2, 0.25) is 11.7 Å². The molecular weight excluding hydrogens is 589 g/mol. The minimum atomic E-state index is -0.780. The summed E-state index contributed by atoms with van der Waals surface area (Å²) in [7, 11) is 2.19. The molecule has 0 saturated carbocycles. The molecule has 1 aromatic carbocycles. The number of hydrogen-bond acceptors (Lipinski definition) is 9. The fourth-order valence-electron chi connectivity index (χ4n) is 5.81. The van der Waals surface area contributed by atoms with E-state index < -0.39 is 11.9 Å². The Morgan fingerprint density at radius 1 is 1.17 bits per heavy atom. The molecule has 0 spiro atoms. The lowest BCUT2D eigenvalue weighted by molar-refractivity contribution is -0.120. The van der Waals surface area contributed by atoms with Gasteiger partial charge in [-0.25, -0.2) is 9.37 Å². The van der Waals surface area contributed by atoms with Gasteiger partial charge in [0.05, 0.1) is 10.2 Å². The Kier molecular flexibility index (Phi) is 10.9. The second kappa shape index (κ2) is 14.4. The first kappa shape index (κ1) is 31.1. The van der Waals surface area contributed by atoms with E-state index in [4.69, 9.17) is 5.73 Å². The van der Waals surface area contributed by atoms with Crippen LogP contribution in [0.15, 0.2) is 34.9 Å². The van der Waals surface area contributed by atoms with Gasteiger partial charge in [-0.1, -0.05) is 13.8 Å². The summed E-state index contributed by atoms with van der Waals surface area (Å²) in [6.45, 7) is 11.9. The number of carbonyl (C=O) groups is 1. The third kappa shape index (κ3) is 7.92. The molecule has 10 nitrogen and oxygen atoms in total. The molecular formula is C29H41BrFN9O. The smallest absolute Gasteiger partial charge is 0.242 e. The highest BCUT2D eigenvalue weighted by atomic mass is 79.9. The molecule has 2 aliphatic heterocycles. The van der Waals surface area contributed by atoms with Gasteiger partial charge in [0, 0.05) is 45.0 Å². The fraction of sp³-hybridized carbons (Fsp3) is 0.586. The van der Waals surface area contributed by atoms with Crippen molar-refractivity contribution in [1.29, 1.82) is 5.26 Å². The summed E-state index contributed by atoms with van der Waals surface area (Å²) in [6, 6.07) is 8.01. The maximum atomic E-state index is 13.9. The summed E-state index contributed by atoms with van der Waals surface area (Å²) in [5, 5.41) is 13.2. The number of aromatic nitrogens is 2. The van der Waals surface area contributed by atoms with E-state index in [0.29, 0.717) is 28.6 Å².